The number of amides is 1. The molecule has 0 aliphatic carbocycles. The van der Waals surface area contributed by atoms with Crippen molar-refractivity contribution < 1.29 is 18.3 Å². The van der Waals surface area contributed by atoms with Crippen LogP contribution in [0.5, 0.6) is 5.75 Å². The maximum atomic E-state index is 12.9. The fraction of sp³-hybridized carbons (Fsp3) is 0.238. The lowest BCUT2D eigenvalue weighted by Crippen LogP contribution is -2.30. The zero-order chi connectivity index (χ0) is 22.8. The molecule has 0 unspecified atom stereocenters. The normalized spacial score (nSPS) is 11.6. The van der Waals surface area contributed by atoms with Crippen LogP contribution in [0, 0.1) is 6.92 Å². The first-order valence-corrected chi connectivity index (χ1v) is 11.5. The Balaban J connectivity index is 1.96. The molecular formula is C21H23ClN4O4S. The highest BCUT2D eigenvalue weighted by atomic mass is 35.5. The van der Waals surface area contributed by atoms with Gasteiger partial charge in [0, 0.05) is 13.1 Å². The minimum absolute atomic E-state index is 0.0351. The molecule has 0 spiro atoms. The Kier molecular flexibility index (Phi) is 6.68. The molecule has 0 aliphatic rings. The minimum Gasteiger partial charge on any atom is -0.506 e. The van der Waals surface area contributed by atoms with Gasteiger partial charge in [-0.15, -0.1) is 0 Å². The lowest BCUT2D eigenvalue weighted by atomic mass is 10.2. The summed E-state index contributed by atoms with van der Waals surface area (Å²) in [5, 5.41) is 17.2. The summed E-state index contributed by atoms with van der Waals surface area (Å²) in [5.74, 6) is -0.881. The number of halogens is 1. The number of nitrogens with zero attached hydrogens (tertiary/aromatic N) is 3. The number of sulfonamides is 1. The van der Waals surface area contributed by atoms with Gasteiger partial charge >= 0.3 is 0 Å². The number of aromatic nitrogens is 2. The summed E-state index contributed by atoms with van der Waals surface area (Å²) < 4.78 is 28.3. The van der Waals surface area contributed by atoms with E-state index in [4.69, 9.17) is 11.6 Å². The average Bonchev–Trinajstić information content (AvgIpc) is 3.05. The van der Waals surface area contributed by atoms with Crippen molar-refractivity contribution in [1.82, 2.24) is 14.1 Å². The summed E-state index contributed by atoms with van der Waals surface area (Å²) in [4.78, 5) is 12.9. The van der Waals surface area contributed by atoms with Crippen molar-refractivity contribution in [2.45, 2.75) is 25.7 Å². The van der Waals surface area contributed by atoms with E-state index in [9.17, 15) is 18.3 Å². The molecule has 0 saturated heterocycles. The second kappa shape index (κ2) is 9.09. The summed E-state index contributed by atoms with van der Waals surface area (Å²) >= 11 is 6.42. The molecule has 31 heavy (non-hydrogen) atoms. The van der Waals surface area contributed by atoms with Gasteiger partial charge in [-0.05, 0) is 37.3 Å². The third-order valence-corrected chi connectivity index (χ3v) is 7.19. The molecule has 0 radical (unpaired) electrons. The first kappa shape index (κ1) is 22.8. The van der Waals surface area contributed by atoms with Gasteiger partial charge in [-0.1, -0.05) is 43.6 Å². The Hall–Kier alpha value is -2.88. The number of benzene rings is 2. The number of hydrogen-bond acceptors (Lipinski definition) is 5. The van der Waals surface area contributed by atoms with E-state index in [2.05, 4.69) is 10.4 Å². The Labute approximate surface area is 186 Å². The second-order valence-corrected chi connectivity index (χ2v) is 9.02. The maximum absolute atomic E-state index is 12.9. The molecule has 1 amide bonds. The molecule has 0 fully saturated rings. The topological polar surface area (TPSA) is 105 Å². The van der Waals surface area contributed by atoms with Crippen LogP contribution in [0.1, 0.15) is 29.9 Å². The van der Waals surface area contributed by atoms with Crippen molar-refractivity contribution in [3.8, 4) is 11.4 Å². The summed E-state index contributed by atoms with van der Waals surface area (Å²) in [7, 11) is -3.76. The SMILES string of the molecule is CCN(CC)S(=O)(=O)c1ccc(O)c(NC(=O)c2c(C)nn(-c3ccccc3)c2Cl)c1. The van der Waals surface area contributed by atoms with Crippen LogP contribution in [0.25, 0.3) is 5.69 Å². The number of phenols is 1. The number of hydrogen-bond donors (Lipinski definition) is 2. The number of carbonyl (C=O) groups excluding carboxylic acids is 1. The Morgan fingerprint density at radius 1 is 1.16 bits per heavy atom. The molecule has 3 rings (SSSR count). The number of anilines is 1. The number of phenolic OH excluding ortho intramolecular Hbond substituents is 1. The van der Waals surface area contributed by atoms with Gasteiger partial charge in [0.2, 0.25) is 10.0 Å². The molecule has 8 nitrogen and oxygen atoms in total. The van der Waals surface area contributed by atoms with Gasteiger partial charge in [-0.25, -0.2) is 13.1 Å². The van der Waals surface area contributed by atoms with Crippen LogP contribution >= 0.6 is 11.6 Å². The Morgan fingerprint density at radius 3 is 2.42 bits per heavy atom. The molecule has 0 aliphatic heterocycles. The Morgan fingerprint density at radius 2 is 1.81 bits per heavy atom. The fourth-order valence-electron chi connectivity index (χ4n) is 3.17. The quantitative estimate of drug-likeness (QED) is 0.519. The van der Waals surface area contributed by atoms with E-state index in [-0.39, 0.29) is 27.0 Å². The lowest BCUT2D eigenvalue weighted by Gasteiger charge is -2.19. The zero-order valence-corrected chi connectivity index (χ0v) is 18.9. The molecule has 0 bridgehead atoms. The number of para-hydroxylation sites is 1. The number of nitrogens with one attached hydrogen (secondary N) is 1. The number of aryl methyl sites for hydroxylation is 1. The molecule has 1 aromatic heterocycles. The van der Waals surface area contributed by atoms with Crippen molar-refractivity contribution >= 4 is 33.2 Å². The van der Waals surface area contributed by atoms with E-state index in [0.29, 0.717) is 24.5 Å². The average molecular weight is 463 g/mol. The summed E-state index contributed by atoms with van der Waals surface area (Å²) in [5.41, 5.74) is 1.16. The van der Waals surface area contributed by atoms with Gasteiger partial charge in [0.05, 0.1) is 22.0 Å². The number of carbonyl (C=O) groups is 1. The molecule has 164 valence electrons. The second-order valence-electron chi connectivity index (χ2n) is 6.72. The van der Waals surface area contributed by atoms with Crippen LogP contribution in [0.3, 0.4) is 0 Å². The predicted molar refractivity (Wildman–Crippen MR) is 119 cm³/mol. The van der Waals surface area contributed by atoms with E-state index in [1.807, 2.05) is 18.2 Å². The lowest BCUT2D eigenvalue weighted by molar-refractivity contribution is 0.102. The van der Waals surface area contributed by atoms with E-state index < -0.39 is 15.9 Å². The molecule has 2 N–H and O–H groups in total. The Bertz CT molecular complexity index is 1210. The first-order valence-electron chi connectivity index (χ1n) is 9.65. The van der Waals surface area contributed by atoms with E-state index in [1.54, 1.807) is 32.9 Å². The maximum Gasteiger partial charge on any atom is 0.260 e. The molecule has 1 heterocycles. The van der Waals surface area contributed by atoms with Gasteiger partial charge in [0.25, 0.3) is 5.91 Å². The molecular weight excluding hydrogens is 440 g/mol. The van der Waals surface area contributed by atoms with Crippen LogP contribution < -0.4 is 5.32 Å². The third-order valence-electron chi connectivity index (χ3n) is 4.79. The molecule has 0 atom stereocenters. The minimum atomic E-state index is -3.76. The van der Waals surface area contributed by atoms with Gasteiger partial charge in [-0.3, -0.25) is 4.79 Å². The van der Waals surface area contributed by atoms with E-state index >= 15 is 0 Å². The highest BCUT2D eigenvalue weighted by Gasteiger charge is 2.25. The smallest absolute Gasteiger partial charge is 0.260 e. The monoisotopic (exact) mass is 462 g/mol. The van der Waals surface area contributed by atoms with Gasteiger partial charge < -0.3 is 10.4 Å². The molecule has 2 aromatic carbocycles. The van der Waals surface area contributed by atoms with Crippen LogP contribution in [-0.2, 0) is 10.0 Å². The molecule has 0 saturated carbocycles. The standard InChI is InChI=1S/C21H23ClN4O4S/c1-4-25(5-2)31(29,30)16-11-12-18(27)17(13-16)23-21(28)19-14(3)24-26(20(19)22)15-9-7-6-8-10-15/h6-13,27H,4-5H2,1-3H3,(H,23,28). The zero-order valence-electron chi connectivity index (χ0n) is 17.3. The summed E-state index contributed by atoms with van der Waals surface area (Å²) in [6.07, 6.45) is 0. The largest absolute Gasteiger partial charge is 0.506 e. The summed E-state index contributed by atoms with van der Waals surface area (Å²) in [6.45, 7) is 5.71. The highest BCUT2D eigenvalue weighted by molar-refractivity contribution is 7.89. The highest BCUT2D eigenvalue weighted by Crippen LogP contribution is 2.30. The number of rotatable bonds is 7. The third kappa shape index (κ3) is 4.43. The van der Waals surface area contributed by atoms with Crippen LogP contribution in [0.15, 0.2) is 53.4 Å². The van der Waals surface area contributed by atoms with Crippen molar-refractivity contribution in [3.05, 3.63) is 64.9 Å². The summed E-state index contributed by atoms with van der Waals surface area (Å²) in [6, 6.07) is 12.8. The van der Waals surface area contributed by atoms with Crippen LogP contribution in [0.4, 0.5) is 5.69 Å². The van der Waals surface area contributed by atoms with Crippen LogP contribution in [-0.4, -0.2) is 46.6 Å². The predicted octanol–water partition coefficient (Wildman–Crippen LogP) is 3.82. The van der Waals surface area contributed by atoms with Gasteiger partial charge in [-0.2, -0.15) is 9.40 Å². The first-order chi connectivity index (χ1) is 14.7. The van der Waals surface area contributed by atoms with Crippen LogP contribution in [0.2, 0.25) is 5.15 Å². The van der Waals surface area contributed by atoms with Crippen molar-refractivity contribution in [3.63, 3.8) is 0 Å². The molecule has 3 aromatic rings. The van der Waals surface area contributed by atoms with Crippen molar-refractivity contribution in [2.75, 3.05) is 18.4 Å². The van der Waals surface area contributed by atoms with Gasteiger partial charge in [0.15, 0.2) is 0 Å². The van der Waals surface area contributed by atoms with Crippen molar-refractivity contribution in [1.29, 1.82) is 0 Å². The van der Waals surface area contributed by atoms with Gasteiger partial charge in [0.1, 0.15) is 16.5 Å². The van der Waals surface area contributed by atoms with Crippen molar-refractivity contribution in [2.24, 2.45) is 0 Å². The fourth-order valence-corrected chi connectivity index (χ4v) is 5.01. The van der Waals surface area contributed by atoms with E-state index in [1.165, 1.54) is 27.2 Å². The molecule has 10 heteroatoms. The van der Waals surface area contributed by atoms with E-state index in [0.717, 1.165) is 0 Å². The number of aromatic hydroxyl groups is 1.